The number of rotatable bonds is 7. The van der Waals surface area contributed by atoms with Gasteiger partial charge < -0.3 is 5.32 Å². The maximum atomic E-state index is 12.3. The Bertz CT molecular complexity index is 751. The van der Waals surface area contributed by atoms with Crippen molar-refractivity contribution in [2.45, 2.75) is 56.3 Å². The summed E-state index contributed by atoms with van der Waals surface area (Å²) in [6, 6.07) is 10.6. The minimum absolute atomic E-state index is 0.0932. The Morgan fingerprint density at radius 3 is 2.56 bits per heavy atom. The van der Waals surface area contributed by atoms with Gasteiger partial charge in [0.25, 0.3) is 0 Å². The summed E-state index contributed by atoms with van der Waals surface area (Å²) in [7, 11) is 0. The van der Waals surface area contributed by atoms with Crippen LogP contribution in [-0.2, 0) is 11.3 Å². The highest BCUT2D eigenvalue weighted by atomic mass is 32.2. The molecule has 0 unspecified atom stereocenters. The van der Waals surface area contributed by atoms with Gasteiger partial charge in [0.1, 0.15) is 0 Å². The van der Waals surface area contributed by atoms with Gasteiger partial charge in [-0.2, -0.15) is 0 Å². The summed E-state index contributed by atoms with van der Waals surface area (Å²) in [6.07, 6.45) is 7.17. The van der Waals surface area contributed by atoms with E-state index in [1.54, 1.807) is 0 Å². The van der Waals surface area contributed by atoms with Gasteiger partial charge in [-0.15, -0.1) is 10.2 Å². The molecule has 6 nitrogen and oxygen atoms in total. The Morgan fingerprint density at radius 2 is 1.81 bits per heavy atom. The van der Waals surface area contributed by atoms with Crippen LogP contribution in [0, 0.1) is 0 Å². The van der Waals surface area contributed by atoms with Crippen LogP contribution in [0.15, 0.2) is 35.5 Å². The fraction of sp³-hybridized carbons (Fsp3) is 0.550. The number of likely N-dealkylation sites (tertiary alicyclic amines) is 1. The van der Waals surface area contributed by atoms with Crippen molar-refractivity contribution < 1.29 is 4.79 Å². The predicted molar refractivity (Wildman–Crippen MR) is 107 cm³/mol. The zero-order valence-corrected chi connectivity index (χ0v) is 16.5. The molecule has 1 N–H and O–H groups in total. The number of hydrogen-bond donors (Lipinski definition) is 1. The van der Waals surface area contributed by atoms with Crippen LogP contribution in [0.1, 0.15) is 44.3 Å². The zero-order valence-electron chi connectivity index (χ0n) is 15.6. The highest BCUT2D eigenvalue weighted by Gasteiger charge is 2.21. The first kappa shape index (κ1) is 18.5. The smallest absolute Gasteiger partial charge is 0.230 e. The molecule has 1 aromatic heterocycles. The van der Waals surface area contributed by atoms with Crippen LogP contribution < -0.4 is 5.32 Å². The summed E-state index contributed by atoms with van der Waals surface area (Å²) in [6.45, 7) is 3.04. The first-order valence-corrected chi connectivity index (χ1v) is 10.9. The van der Waals surface area contributed by atoms with Crippen LogP contribution >= 0.6 is 11.8 Å². The number of nitrogens with zero attached hydrogens (tertiary/aromatic N) is 4. The molecule has 27 heavy (non-hydrogen) atoms. The van der Waals surface area contributed by atoms with Crippen molar-refractivity contribution in [2.75, 3.05) is 18.8 Å². The molecule has 4 rings (SSSR count). The SMILES string of the molecule is O=C(CSc1nnc(CN2CCCC2)n1-c1ccccc1)NC1CCCC1. The number of nitrogens with one attached hydrogen (secondary N) is 1. The van der Waals surface area contributed by atoms with E-state index in [9.17, 15) is 4.79 Å². The normalized spacial score (nSPS) is 18.2. The molecule has 0 bridgehead atoms. The number of carbonyl (C=O) groups is 1. The van der Waals surface area contributed by atoms with E-state index in [0.717, 1.165) is 49.1 Å². The molecule has 2 aliphatic rings. The molecular formula is C20H27N5OS. The summed E-state index contributed by atoms with van der Waals surface area (Å²) >= 11 is 1.47. The predicted octanol–water partition coefficient (Wildman–Crippen LogP) is 3.01. The molecule has 7 heteroatoms. The van der Waals surface area contributed by atoms with Gasteiger partial charge in [0, 0.05) is 11.7 Å². The monoisotopic (exact) mass is 385 g/mol. The van der Waals surface area contributed by atoms with Gasteiger partial charge in [-0.1, -0.05) is 42.8 Å². The first-order valence-electron chi connectivity index (χ1n) is 9.94. The summed E-state index contributed by atoms with van der Waals surface area (Å²) in [4.78, 5) is 14.7. The van der Waals surface area contributed by atoms with Crippen LogP contribution in [0.4, 0.5) is 0 Å². The highest BCUT2D eigenvalue weighted by molar-refractivity contribution is 7.99. The van der Waals surface area contributed by atoms with Crippen molar-refractivity contribution in [2.24, 2.45) is 0 Å². The molecule has 0 atom stereocenters. The second-order valence-corrected chi connectivity index (χ2v) is 8.33. The lowest BCUT2D eigenvalue weighted by Crippen LogP contribution is -2.33. The molecule has 144 valence electrons. The molecule has 1 aliphatic carbocycles. The summed E-state index contributed by atoms with van der Waals surface area (Å²) in [5, 5.41) is 12.8. The zero-order chi connectivity index (χ0) is 18.5. The van der Waals surface area contributed by atoms with Gasteiger partial charge in [0.15, 0.2) is 11.0 Å². The van der Waals surface area contributed by atoms with E-state index in [-0.39, 0.29) is 5.91 Å². The topological polar surface area (TPSA) is 63.1 Å². The summed E-state index contributed by atoms with van der Waals surface area (Å²) in [5.41, 5.74) is 1.05. The number of benzene rings is 1. The Morgan fingerprint density at radius 1 is 1.07 bits per heavy atom. The first-order chi connectivity index (χ1) is 13.3. The Hall–Kier alpha value is -1.86. The number of hydrogen-bond acceptors (Lipinski definition) is 5. The molecule has 0 radical (unpaired) electrons. The lowest BCUT2D eigenvalue weighted by Gasteiger charge is -2.16. The van der Waals surface area contributed by atoms with Crippen LogP contribution in [0.3, 0.4) is 0 Å². The minimum atomic E-state index is 0.0932. The van der Waals surface area contributed by atoms with Gasteiger partial charge >= 0.3 is 0 Å². The third-order valence-corrected chi connectivity index (χ3v) is 6.26. The molecule has 2 aromatic rings. The van der Waals surface area contributed by atoms with E-state index in [4.69, 9.17) is 0 Å². The number of amides is 1. The summed E-state index contributed by atoms with van der Waals surface area (Å²) < 4.78 is 2.10. The summed E-state index contributed by atoms with van der Waals surface area (Å²) in [5.74, 6) is 1.42. The second-order valence-electron chi connectivity index (χ2n) is 7.39. The van der Waals surface area contributed by atoms with Crippen LogP contribution in [-0.4, -0.2) is 50.5 Å². The Labute approximate surface area is 164 Å². The largest absolute Gasteiger partial charge is 0.353 e. The van der Waals surface area contributed by atoms with Crippen molar-refractivity contribution in [3.63, 3.8) is 0 Å². The van der Waals surface area contributed by atoms with Crippen molar-refractivity contribution in [3.05, 3.63) is 36.2 Å². The van der Waals surface area contributed by atoms with Gasteiger partial charge in [-0.05, 0) is 50.9 Å². The van der Waals surface area contributed by atoms with Gasteiger partial charge in [-0.3, -0.25) is 14.3 Å². The highest BCUT2D eigenvalue weighted by Crippen LogP contribution is 2.24. The van der Waals surface area contributed by atoms with Crippen molar-refractivity contribution in [3.8, 4) is 5.69 Å². The maximum absolute atomic E-state index is 12.3. The second kappa shape index (κ2) is 8.89. The van der Waals surface area contributed by atoms with Crippen molar-refractivity contribution >= 4 is 17.7 Å². The van der Waals surface area contributed by atoms with Gasteiger partial charge in [-0.25, -0.2) is 0 Å². The van der Waals surface area contributed by atoms with Crippen molar-refractivity contribution in [1.29, 1.82) is 0 Å². The average Bonchev–Trinajstić information content (AvgIpc) is 3.44. The van der Waals surface area contributed by atoms with E-state index in [0.29, 0.717) is 11.8 Å². The van der Waals surface area contributed by atoms with Crippen LogP contribution in [0.2, 0.25) is 0 Å². The lowest BCUT2D eigenvalue weighted by atomic mass is 10.2. The molecular weight excluding hydrogens is 358 g/mol. The number of aromatic nitrogens is 3. The lowest BCUT2D eigenvalue weighted by molar-refractivity contribution is -0.119. The van der Waals surface area contributed by atoms with Gasteiger partial charge in [0.2, 0.25) is 5.91 Å². The number of thioether (sulfide) groups is 1. The van der Waals surface area contributed by atoms with E-state index in [1.165, 1.54) is 37.4 Å². The molecule has 1 saturated heterocycles. The van der Waals surface area contributed by atoms with Crippen LogP contribution in [0.5, 0.6) is 0 Å². The molecule has 2 fully saturated rings. The van der Waals surface area contributed by atoms with Gasteiger partial charge in [0.05, 0.1) is 12.3 Å². The fourth-order valence-electron chi connectivity index (χ4n) is 3.94. The molecule has 1 aliphatic heterocycles. The fourth-order valence-corrected chi connectivity index (χ4v) is 4.72. The van der Waals surface area contributed by atoms with E-state index in [1.807, 2.05) is 18.2 Å². The molecule has 1 aromatic carbocycles. The Balaban J connectivity index is 1.47. The molecule has 2 heterocycles. The Kier molecular flexibility index (Phi) is 6.09. The van der Waals surface area contributed by atoms with E-state index >= 15 is 0 Å². The molecule has 1 saturated carbocycles. The third kappa shape index (κ3) is 4.71. The quantitative estimate of drug-likeness (QED) is 0.743. The molecule has 0 spiro atoms. The van der Waals surface area contributed by atoms with E-state index < -0.39 is 0 Å². The molecule has 1 amide bonds. The van der Waals surface area contributed by atoms with Crippen LogP contribution in [0.25, 0.3) is 5.69 Å². The minimum Gasteiger partial charge on any atom is -0.353 e. The number of carbonyl (C=O) groups excluding carboxylic acids is 1. The maximum Gasteiger partial charge on any atom is 0.230 e. The van der Waals surface area contributed by atoms with E-state index in [2.05, 4.69) is 37.1 Å². The van der Waals surface area contributed by atoms with Crippen molar-refractivity contribution in [1.82, 2.24) is 25.0 Å². The average molecular weight is 386 g/mol. The number of para-hydroxylation sites is 1. The third-order valence-electron chi connectivity index (χ3n) is 5.33. The standard InChI is InChI=1S/C20H27N5OS/c26-19(21-16-8-4-5-9-16)15-27-20-23-22-18(14-24-12-6-7-13-24)25(20)17-10-2-1-3-11-17/h1-3,10-11,16H,4-9,12-15H2,(H,21,26).